The predicted molar refractivity (Wildman–Crippen MR) is 64.4 cm³/mol. The molecule has 1 aromatic carbocycles. The van der Waals surface area contributed by atoms with Crippen molar-refractivity contribution in [2.24, 2.45) is 0 Å². The number of halogens is 2. The van der Waals surface area contributed by atoms with Crippen LogP contribution in [0.1, 0.15) is 10.4 Å². The quantitative estimate of drug-likeness (QED) is 0.910. The van der Waals surface area contributed by atoms with Gasteiger partial charge < -0.3 is 5.11 Å². The van der Waals surface area contributed by atoms with Gasteiger partial charge in [-0.2, -0.15) is 11.3 Å². The lowest BCUT2D eigenvalue weighted by atomic mass is 10.1. The molecule has 2 aromatic rings. The molecule has 1 aromatic heterocycles. The number of hydrogen-bond acceptors (Lipinski definition) is 2. The summed E-state index contributed by atoms with van der Waals surface area (Å²) in [6, 6.07) is 4.45. The minimum atomic E-state index is -0.975. The lowest BCUT2D eigenvalue weighted by Gasteiger charge is -2.02. The van der Waals surface area contributed by atoms with Gasteiger partial charge in [-0.05, 0) is 39.0 Å². The van der Waals surface area contributed by atoms with Crippen molar-refractivity contribution in [3.8, 4) is 11.1 Å². The maximum atomic E-state index is 13.0. The van der Waals surface area contributed by atoms with Crippen LogP contribution in [0, 0.1) is 5.82 Å². The van der Waals surface area contributed by atoms with Gasteiger partial charge in [0.25, 0.3) is 0 Å². The number of carboxylic acid groups (broad SMARTS) is 1. The van der Waals surface area contributed by atoms with Crippen molar-refractivity contribution in [3.63, 3.8) is 0 Å². The molecule has 0 fully saturated rings. The third kappa shape index (κ3) is 2.01. The molecule has 0 saturated heterocycles. The summed E-state index contributed by atoms with van der Waals surface area (Å²) in [4.78, 5) is 10.9. The molecular weight excluding hydrogens is 295 g/mol. The largest absolute Gasteiger partial charge is 0.478 e. The van der Waals surface area contributed by atoms with E-state index in [4.69, 9.17) is 5.11 Å². The lowest BCUT2D eigenvalue weighted by Crippen LogP contribution is -1.95. The Hall–Kier alpha value is -1.20. The van der Waals surface area contributed by atoms with Gasteiger partial charge in [0.1, 0.15) is 5.82 Å². The van der Waals surface area contributed by atoms with E-state index >= 15 is 0 Å². The zero-order chi connectivity index (χ0) is 11.7. The van der Waals surface area contributed by atoms with Gasteiger partial charge in [-0.1, -0.05) is 6.07 Å². The molecule has 0 aliphatic rings. The van der Waals surface area contributed by atoms with Crippen LogP contribution < -0.4 is 0 Å². The van der Waals surface area contributed by atoms with Gasteiger partial charge >= 0.3 is 5.97 Å². The number of rotatable bonds is 2. The Balaban J connectivity index is 2.54. The van der Waals surface area contributed by atoms with Gasteiger partial charge in [0.2, 0.25) is 0 Å². The Morgan fingerprint density at radius 3 is 2.75 bits per heavy atom. The van der Waals surface area contributed by atoms with Crippen molar-refractivity contribution in [1.29, 1.82) is 0 Å². The Morgan fingerprint density at radius 1 is 1.38 bits per heavy atom. The number of thiophene rings is 1. The summed E-state index contributed by atoms with van der Waals surface area (Å²) in [6.45, 7) is 0. The number of benzene rings is 1. The van der Waals surface area contributed by atoms with E-state index in [2.05, 4.69) is 15.9 Å². The molecule has 0 aliphatic heterocycles. The molecule has 5 heteroatoms. The summed E-state index contributed by atoms with van der Waals surface area (Å²) in [5, 5.41) is 12.3. The highest BCUT2D eigenvalue weighted by atomic mass is 79.9. The Labute approximate surface area is 103 Å². The van der Waals surface area contributed by atoms with Crippen molar-refractivity contribution in [1.82, 2.24) is 0 Å². The fraction of sp³-hybridized carbons (Fsp3) is 0. The first-order valence-corrected chi connectivity index (χ1v) is 6.08. The molecule has 0 aliphatic carbocycles. The SMILES string of the molecule is O=C(O)c1cscc1-c1ccc(F)c(Br)c1. The maximum Gasteiger partial charge on any atom is 0.337 e. The average molecular weight is 301 g/mol. The molecule has 0 atom stereocenters. The van der Waals surface area contributed by atoms with Gasteiger partial charge in [0.05, 0.1) is 10.0 Å². The zero-order valence-corrected chi connectivity index (χ0v) is 10.3. The highest BCUT2D eigenvalue weighted by Crippen LogP contribution is 2.30. The Kier molecular flexibility index (Phi) is 3.07. The van der Waals surface area contributed by atoms with Crippen molar-refractivity contribution < 1.29 is 14.3 Å². The lowest BCUT2D eigenvalue weighted by molar-refractivity contribution is 0.0698. The van der Waals surface area contributed by atoms with Crippen LogP contribution in [0.4, 0.5) is 4.39 Å². The van der Waals surface area contributed by atoms with Crippen molar-refractivity contribution in [2.45, 2.75) is 0 Å². The number of carboxylic acids is 1. The van der Waals surface area contributed by atoms with Crippen LogP contribution in [0.15, 0.2) is 33.4 Å². The van der Waals surface area contributed by atoms with Gasteiger partial charge in [-0.3, -0.25) is 0 Å². The van der Waals surface area contributed by atoms with E-state index in [9.17, 15) is 9.18 Å². The summed E-state index contributed by atoms with van der Waals surface area (Å²) in [7, 11) is 0. The van der Waals surface area contributed by atoms with E-state index in [1.165, 1.54) is 17.4 Å². The highest BCUT2D eigenvalue weighted by Gasteiger charge is 2.13. The first-order valence-electron chi connectivity index (χ1n) is 4.34. The second-order valence-electron chi connectivity index (χ2n) is 3.13. The molecule has 0 unspecified atom stereocenters. The molecular formula is C11H6BrFO2S. The molecule has 2 nitrogen and oxygen atoms in total. The van der Waals surface area contributed by atoms with E-state index < -0.39 is 5.97 Å². The molecule has 82 valence electrons. The summed E-state index contributed by atoms with van der Waals surface area (Å²) < 4.78 is 13.4. The molecule has 2 rings (SSSR count). The van der Waals surface area contributed by atoms with Gasteiger partial charge in [-0.15, -0.1) is 0 Å². The summed E-state index contributed by atoms with van der Waals surface area (Å²) >= 11 is 4.38. The number of aromatic carboxylic acids is 1. The first kappa shape index (κ1) is 11.3. The standard InChI is InChI=1S/C11H6BrFO2S/c12-9-3-6(1-2-10(9)13)7-4-16-5-8(7)11(14)15/h1-5H,(H,14,15). The molecule has 0 amide bonds. The van der Waals surface area contributed by atoms with Crippen LogP contribution in [-0.4, -0.2) is 11.1 Å². The third-order valence-corrected chi connectivity index (χ3v) is 3.47. The van der Waals surface area contributed by atoms with E-state index in [1.807, 2.05) is 0 Å². The van der Waals surface area contributed by atoms with Crippen molar-refractivity contribution in [3.05, 3.63) is 44.8 Å². The Bertz CT molecular complexity index is 551. The molecule has 0 spiro atoms. The van der Waals surface area contributed by atoms with E-state index in [0.717, 1.165) is 0 Å². The van der Waals surface area contributed by atoms with Crippen LogP contribution in [-0.2, 0) is 0 Å². The second-order valence-corrected chi connectivity index (χ2v) is 4.73. The van der Waals surface area contributed by atoms with Gasteiger partial charge in [0.15, 0.2) is 0 Å². The predicted octanol–water partition coefficient (Wildman–Crippen LogP) is 4.01. The number of hydrogen-bond donors (Lipinski definition) is 1. The minimum Gasteiger partial charge on any atom is -0.478 e. The zero-order valence-electron chi connectivity index (χ0n) is 7.91. The van der Waals surface area contributed by atoms with E-state index in [-0.39, 0.29) is 11.4 Å². The molecule has 0 radical (unpaired) electrons. The van der Waals surface area contributed by atoms with Gasteiger partial charge in [0, 0.05) is 10.9 Å². The van der Waals surface area contributed by atoms with E-state index in [0.29, 0.717) is 15.6 Å². The highest BCUT2D eigenvalue weighted by molar-refractivity contribution is 9.10. The summed E-state index contributed by atoms with van der Waals surface area (Å²) in [5.41, 5.74) is 1.54. The van der Waals surface area contributed by atoms with Crippen LogP contribution in [0.5, 0.6) is 0 Å². The fourth-order valence-corrected chi connectivity index (χ4v) is 2.56. The maximum absolute atomic E-state index is 13.0. The topological polar surface area (TPSA) is 37.3 Å². The van der Waals surface area contributed by atoms with Crippen molar-refractivity contribution in [2.75, 3.05) is 0 Å². The van der Waals surface area contributed by atoms with E-state index in [1.54, 1.807) is 22.9 Å². The van der Waals surface area contributed by atoms with Crippen LogP contribution in [0.3, 0.4) is 0 Å². The molecule has 1 N–H and O–H groups in total. The summed E-state index contributed by atoms with van der Waals surface area (Å²) in [6.07, 6.45) is 0. The second kappa shape index (κ2) is 4.35. The minimum absolute atomic E-state index is 0.239. The van der Waals surface area contributed by atoms with Crippen LogP contribution >= 0.6 is 27.3 Å². The van der Waals surface area contributed by atoms with Gasteiger partial charge in [-0.25, -0.2) is 9.18 Å². The van der Waals surface area contributed by atoms with Crippen molar-refractivity contribution >= 4 is 33.2 Å². The smallest absolute Gasteiger partial charge is 0.337 e. The normalized spacial score (nSPS) is 10.4. The monoisotopic (exact) mass is 300 g/mol. The molecule has 0 bridgehead atoms. The number of carbonyl (C=O) groups is 1. The molecule has 16 heavy (non-hydrogen) atoms. The van der Waals surface area contributed by atoms with Crippen LogP contribution in [0.25, 0.3) is 11.1 Å². The molecule has 1 heterocycles. The molecule has 0 saturated carbocycles. The third-order valence-electron chi connectivity index (χ3n) is 2.12. The average Bonchev–Trinajstić information content (AvgIpc) is 2.71. The fourth-order valence-electron chi connectivity index (χ4n) is 1.35. The summed E-state index contributed by atoms with van der Waals surface area (Å²) in [5.74, 6) is -1.34. The van der Waals surface area contributed by atoms with Crippen LogP contribution in [0.2, 0.25) is 0 Å². The first-order chi connectivity index (χ1) is 7.59. The Morgan fingerprint density at radius 2 is 2.12 bits per heavy atom.